The molecule has 2 N–H and O–H groups in total. The minimum Gasteiger partial charge on any atom is -0.351 e. The van der Waals surface area contributed by atoms with Crippen LogP contribution in [-0.4, -0.2) is 27.0 Å². The van der Waals surface area contributed by atoms with Gasteiger partial charge in [-0.2, -0.15) is 0 Å². The molecule has 0 unspecified atom stereocenters. The minimum atomic E-state index is -0.361. The minimum absolute atomic E-state index is 0.361. The first-order chi connectivity index (χ1) is 8.09. The lowest BCUT2D eigenvalue weighted by atomic mass is 10.1. The molecule has 0 spiro atoms. The molecule has 96 valence electrons. The van der Waals surface area contributed by atoms with Crippen LogP contribution in [0.5, 0.6) is 0 Å². The second-order valence-corrected chi connectivity index (χ2v) is 4.15. The van der Waals surface area contributed by atoms with E-state index in [1.54, 1.807) is 4.90 Å². The summed E-state index contributed by atoms with van der Waals surface area (Å²) in [5.41, 5.74) is 7.46. The van der Waals surface area contributed by atoms with E-state index < -0.39 is 0 Å². The van der Waals surface area contributed by atoms with E-state index in [0.29, 0.717) is 19.1 Å². The molecule has 0 aromatic carbocycles. The van der Waals surface area contributed by atoms with Crippen molar-refractivity contribution in [3.05, 3.63) is 17.7 Å². The molecule has 2 heterocycles. The zero-order valence-electron chi connectivity index (χ0n) is 11.1. The number of urea groups is 1. The van der Waals surface area contributed by atoms with Gasteiger partial charge in [0.25, 0.3) is 0 Å². The summed E-state index contributed by atoms with van der Waals surface area (Å²) in [4.78, 5) is 17.0. The molecule has 2 rings (SSSR count). The Balaban J connectivity index is 0.000000686. The van der Waals surface area contributed by atoms with Crippen LogP contribution in [0.4, 0.5) is 4.79 Å². The molecule has 0 fully saturated rings. The molecule has 1 aliphatic rings. The lowest BCUT2D eigenvalue weighted by molar-refractivity contribution is 0.200. The Morgan fingerprint density at radius 3 is 2.65 bits per heavy atom. The summed E-state index contributed by atoms with van der Waals surface area (Å²) in [6.45, 7) is 9.50. The zero-order valence-corrected chi connectivity index (χ0v) is 11.1. The Bertz CT molecular complexity index is 384. The number of carbonyl (C=O) groups excluding carboxylic acids is 1. The Hall–Kier alpha value is -1.52. The zero-order chi connectivity index (χ0) is 13.0. The van der Waals surface area contributed by atoms with Gasteiger partial charge in [0.15, 0.2) is 0 Å². The molecule has 0 saturated carbocycles. The molecule has 1 aromatic rings. The van der Waals surface area contributed by atoms with Gasteiger partial charge in [-0.1, -0.05) is 13.8 Å². The number of carbonyl (C=O) groups is 1. The smallest absolute Gasteiger partial charge is 0.315 e. The van der Waals surface area contributed by atoms with Gasteiger partial charge in [-0.25, -0.2) is 9.78 Å². The first-order valence-electron chi connectivity index (χ1n) is 6.18. The van der Waals surface area contributed by atoms with Crippen molar-refractivity contribution in [2.24, 2.45) is 5.73 Å². The van der Waals surface area contributed by atoms with Crippen molar-refractivity contribution in [3.63, 3.8) is 0 Å². The molecule has 0 saturated heterocycles. The van der Waals surface area contributed by atoms with Crippen LogP contribution in [0, 0.1) is 0 Å². The standard InChI is InChI=1S/C10H16N4O.C2H6/c1-7(2)14-6-12-8-5-13(10(11)15)4-3-9(8)14;1-2/h6-7H,3-5H2,1-2H3,(H2,11,15);1-2H3. The van der Waals surface area contributed by atoms with Crippen molar-refractivity contribution < 1.29 is 4.79 Å². The Kier molecular flexibility index (Phi) is 4.54. The second-order valence-electron chi connectivity index (χ2n) is 4.15. The fraction of sp³-hybridized carbons (Fsp3) is 0.667. The SMILES string of the molecule is CC.CC(C)n1cnc2c1CCN(C(N)=O)C2. The highest BCUT2D eigenvalue weighted by molar-refractivity contribution is 5.72. The number of amides is 2. The van der Waals surface area contributed by atoms with Gasteiger partial charge in [0.2, 0.25) is 0 Å². The fourth-order valence-electron chi connectivity index (χ4n) is 1.96. The van der Waals surface area contributed by atoms with E-state index >= 15 is 0 Å². The third-order valence-electron chi connectivity index (χ3n) is 2.81. The number of hydrogen-bond donors (Lipinski definition) is 1. The van der Waals surface area contributed by atoms with Gasteiger partial charge in [-0.3, -0.25) is 0 Å². The van der Waals surface area contributed by atoms with E-state index in [4.69, 9.17) is 5.73 Å². The van der Waals surface area contributed by atoms with E-state index in [1.165, 1.54) is 5.69 Å². The van der Waals surface area contributed by atoms with Crippen LogP contribution in [0.1, 0.15) is 45.1 Å². The average Bonchev–Trinajstić information content (AvgIpc) is 2.74. The molecule has 0 bridgehead atoms. The highest BCUT2D eigenvalue weighted by atomic mass is 16.2. The summed E-state index contributed by atoms with van der Waals surface area (Å²) in [5, 5.41) is 0. The van der Waals surface area contributed by atoms with Crippen molar-refractivity contribution in [1.82, 2.24) is 14.5 Å². The first kappa shape index (κ1) is 13.5. The van der Waals surface area contributed by atoms with Crippen molar-refractivity contribution >= 4 is 6.03 Å². The number of nitrogens with two attached hydrogens (primary N) is 1. The van der Waals surface area contributed by atoms with Gasteiger partial charge >= 0.3 is 6.03 Å². The van der Waals surface area contributed by atoms with Crippen molar-refractivity contribution in [1.29, 1.82) is 0 Å². The Morgan fingerprint density at radius 1 is 1.47 bits per heavy atom. The molecule has 5 heteroatoms. The number of hydrogen-bond acceptors (Lipinski definition) is 2. The molecule has 0 atom stereocenters. The van der Waals surface area contributed by atoms with Crippen LogP contribution in [0.25, 0.3) is 0 Å². The van der Waals surface area contributed by atoms with Gasteiger partial charge in [0.05, 0.1) is 18.6 Å². The van der Waals surface area contributed by atoms with Crippen LogP contribution < -0.4 is 5.73 Å². The van der Waals surface area contributed by atoms with E-state index in [2.05, 4.69) is 23.4 Å². The number of rotatable bonds is 1. The second kappa shape index (κ2) is 5.70. The predicted octanol–water partition coefficient (Wildman–Crippen LogP) is 1.93. The van der Waals surface area contributed by atoms with Crippen LogP contribution in [0.2, 0.25) is 0 Å². The molecule has 0 radical (unpaired) electrons. The van der Waals surface area contributed by atoms with Crippen LogP contribution in [0.15, 0.2) is 6.33 Å². The average molecular weight is 238 g/mol. The number of aromatic nitrogens is 2. The number of fused-ring (bicyclic) bond motifs is 1. The summed E-state index contributed by atoms with van der Waals surface area (Å²) in [6.07, 6.45) is 2.69. The molecule has 1 aromatic heterocycles. The monoisotopic (exact) mass is 238 g/mol. The van der Waals surface area contributed by atoms with Gasteiger partial charge in [0.1, 0.15) is 0 Å². The number of nitrogens with zero attached hydrogens (tertiary/aromatic N) is 3. The Labute approximate surface area is 103 Å². The number of primary amides is 1. The first-order valence-corrected chi connectivity index (χ1v) is 6.18. The van der Waals surface area contributed by atoms with E-state index in [-0.39, 0.29) is 6.03 Å². The van der Waals surface area contributed by atoms with Crippen LogP contribution in [0.3, 0.4) is 0 Å². The molecule has 5 nitrogen and oxygen atoms in total. The van der Waals surface area contributed by atoms with E-state index in [1.807, 2.05) is 20.2 Å². The van der Waals surface area contributed by atoms with E-state index in [0.717, 1.165) is 12.1 Å². The summed E-state index contributed by atoms with van der Waals surface area (Å²) < 4.78 is 2.16. The topological polar surface area (TPSA) is 64.2 Å². The van der Waals surface area contributed by atoms with Gasteiger partial charge in [0, 0.05) is 24.7 Å². The third kappa shape index (κ3) is 2.78. The maximum absolute atomic E-state index is 11.0. The van der Waals surface area contributed by atoms with Gasteiger partial charge in [-0.05, 0) is 13.8 Å². The molecule has 2 amide bonds. The molecule has 1 aliphatic heterocycles. The molecular formula is C12H22N4O. The maximum Gasteiger partial charge on any atom is 0.315 e. The summed E-state index contributed by atoms with van der Waals surface area (Å²) in [5.74, 6) is 0. The van der Waals surface area contributed by atoms with Crippen LogP contribution >= 0.6 is 0 Å². The fourth-order valence-corrected chi connectivity index (χ4v) is 1.96. The highest BCUT2D eigenvalue weighted by Gasteiger charge is 2.23. The van der Waals surface area contributed by atoms with Crippen molar-refractivity contribution in [3.8, 4) is 0 Å². The maximum atomic E-state index is 11.0. The van der Waals surface area contributed by atoms with Gasteiger partial charge < -0.3 is 15.2 Å². The highest BCUT2D eigenvalue weighted by Crippen LogP contribution is 2.20. The molecular weight excluding hydrogens is 216 g/mol. The summed E-state index contributed by atoms with van der Waals surface area (Å²) in [7, 11) is 0. The predicted molar refractivity (Wildman–Crippen MR) is 67.7 cm³/mol. The van der Waals surface area contributed by atoms with E-state index in [9.17, 15) is 4.79 Å². The molecule has 17 heavy (non-hydrogen) atoms. The van der Waals surface area contributed by atoms with Crippen molar-refractivity contribution in [2.75, 3.05) is 6.54 Å². The lowest BCUT2D eigenvalue weighted by Crippen LogP contribution is -2.40. The Morgan fingerprint density at radius 2 is 2.12 bits per heavy atom. The lowest BCUT2D eigenvalue weighted by Gasteiger charge is -2.26. The quantitative estimate of drug-likeness (QED) is 0.812. The van der Waals surface area contributed by atoms with Crippen LogP contribution in [-0.2, 0) is 13.0 Å². The van der Waals surface area contributed by atoms with Gasteiger partial charge in [-0.15, -0.1) is 0 Å². The summed E-state index contributed by atoms with van der Waals surface area (Å²) >= 11 is 0. The third-order valence-corrected chi connectivity index (χ3v) is 2.81. The van der Waals surface area contributed by atoms with Crippen molar-refractivity contribution in [2.45, 2.75) is 46.7 Å². The number of imidazole rings is 1. The molecule has 0 aliphatic carbocycles. The normalized spacial score (nSPS) is 14.1. The largest absolute Gasteiger partial charge is 0.351 e. The summed E-state index contributed by atoms with van der Waals surface area (Å²) in [6, 6.07) is 0.0566.